The molecule has 0 aromatic rings. The number of halogens is 17. The van der Waals surface area contributed by atoms with Crippen molar-refractivity contribution in [2.45, 2.75) is 47.9 Å². The van der Waals surface area contributed by atoms with Crippen molar-refractivity contribution in [3.8, 4) is 0 Å². The second kappa shape index (κ2) is 6.43. The van der Waals surface area contributed by atoms with Gasteiger partial charge in [-0.25, -0.2) is 8.78 Å². The monoisotopic (exact) mass is 464 g/mol. The Balaban J connectivity index is 6.66. The van der Waals surface area contributed by atoms with Crippen molar-refractivity contribution >= 4 is 16.8 Å². The number of alkyl halides is 16. The molecule has 1 nitrogen and oxygen atoms in total. The molecule has 0 aliphatic heterocycles. The van der Waals surface area contributed by atoms with Crippen LogP contribution in [0.25, 0.3) is 0 Å². The number of carbonyl (C=O) groups excluding carboxylic acids is 1. The first-order valence-corrected chi connectivity index (χ1v) is 5.89. The second-order valence-electron chi connectivity index (χ2n) is 4.64. The fourth-order valence-electron chi connectivity index (χ4n) is 1.26. The summed E-state index contributed by atoms with van der Waals surface area (Å²) in [5, 5.41) is -3.85. The van der Waals surface area contributed by atoms with Gasteiger partial charge in [-0.15, -0.1) is 0 Å². The summed E-state index contributed by atoms with van der Waals surface area (Å²) in [5.41, 5.74) is 0. The minimum Gasteiger partial charge on any atom is -0.274 e. The van der Waals surface area contributed by atoms with Crippen LogP contribution in [0.15, 0.2) is 0 Å². The van der Waals surface area contributed by atoms with Gasteiger partial charge in [0.25, 0.3) is 5.24 Å². The van der Waals surface area contributed by atoms with Gasteiger partial charge in [-0.2, -0.15) is 61.5 Å². The zero-order valence-corrected chi connectivity index (χ0v) is 12.2. The quantitative estimate of drug-likeness (QED) is 0.344. The van der Waals surface area contributed by atoms with Gasteiger partial charge in [0.2, 0.25) is 0 Å². The Hall–Kier alpha value is -1.16. The Bertz CT molecular complexity index is 580. The standard InChI is InChI=1S/C9HClF16O/c10-1(27)3(13,14)5(17,18)7(21,22)9(25,26)8(23,24)6(19,20)4(15,16)2(11)12/h2H. The topological polar surface area (TPSA) is 17.1 Å². The van der Waals surface area contributed by atoms with E-state index >= 15 is 0 Å². The minimum absolute atomic E-state index is 3.73. The molecule has 0 aromatic carbocycles. The van der Waals surface area contributed by atoms with E-state index in [1.807, 2.05) is 0 Å². The van der Waals surface area contributed by atoms with Crippen LogP contribution in [-0.4, -0.2) is 53.1 Å². The lowest BCUT2D eigenvalue weighted by molar-refractivity contribution is -0.443. The lowest BCUT2D eigenvalue weighted by atomic mass is 9.89. The molecule has 0 unspecified atom stereocenters. The van der Waals surface area contributed by atoms with Gasteiger partial charge in [0.05, 0.1) is 0 Å². The maximum absolute atomic E-state index is 13.0. The number of hydrogen-bond acceptors (Lipinski definition) is 1. The maximum atomic E-state index is 13.0. The van der Waals surface area contributed by atoms with Crippen molar-refractivity contribution in [2.75, 3.05) is 0 Å². The van der Waals surface area contributed by atoms with Crippen molar-refractivity contribution in [2.24, 2.45) is 0 Å². The first-order chi connectivity index (χ1) is 11.4. The van der Waals surface area contributed by atoms with Crippen molar-refractivity contribution < 1.29 is 75.0 Å². The van der Waals surface area contributed by atoms with Crippen LogP contribution < -0.4 is 0 Å². The molecule has 0 amide bonds. The van der Waals surface area contributed by atoms with E-state index in [1.165, 1.54) is 0 Å². The molecule has 0 rings (SSSR count). The number of carbonyl (C=O) groups is 1. The van der Waals surface area contributed by atoms with Crippen LogP contribution in [0.5, 0.6) is 0 Å². The van der Waals surface area contributed by atoms with Crippen molar-refractivity contribution in [3.63, 3.8) is 0 Å². The summed E-state index contributed by atoms with van der Waals surface area (Å²) in [6.45, 7) is 0. The smallest absolute Gasteiger partial charge is 0.274 e. The van der Waals surface area contributed by atoms with E-state index in [9.17, 15) is 75.0 Å². The van der Waals surface area contributed by atoms with Crippen molar-refractivity contribution in [1.29, 1.82) is 0 Å². The van der Waals surface area contributed by atoms with Gasteiger partial charge in [0, 0.05) is 0 Å². The van der Waals surface area contributed by atoms with E-state index in [1.54, 1.807) is 0 Å². The molecule has 0 N–H and O–H groups in total. The van der Waals surface area contributed by atoms with Gasteiger partial charge < -0.3 is 0 Å². The third-order valence-electron chi connectivity index (χ3n) is 2.91. The highest BCUT2D eigenvalue weighted by Gasteiger charge is 2.94. The second-order valence-corrected chi connectivity index (χ2v) is 4.99. The molecule has 18 heteroatoms. The molecule has 162 valence electrons. The Kier molecular flexibility index (Phi) is 6.16. The summed E-state index contributed by atoms with van der Waals surface area (Å²) in [4.78, 5) is 9.98. The van der Waals surface area contributed by atoms with Crippen LogP contribution >= 0.6 is 11.6 Å². The highest BCUT2D eigenvalue weighted by atomic mass is 35.5. The molecule has 0 bridgehead atoms. The molecular formula is C9HClF16O. The highest BCUT2D eigenvalue weighted by Crippen LogP contribution is 2.62. The third kappa shape index (κ3) is 3.08. The van der Waals surface area contributed by atoms with Crippen molar-refractivity contribution in [3.05, 3.63) is 0 Å². The summed E-state index contributed by atoms with van der Waals surface area (Å²) in [7, 11) is 0. The van der Waals surface area contributed by atoms with E-state index in [4.69, 9.17) is 0 Å². The van der Waals surface area contributed by atoms with Crippen LogP contribution in [0.4, 0.5) is 70.2 Å². The molecule has 27 heavy (non-hydrogen) atoms. The summed E-state index contributed by atoms with van der Waals surface area (Å²) < 4.78 is 203. The summed E-state index contributed by atoms with van der Waals surface area (Å²) in [6, 6.07) is 0. The Morgan fingerprint density at radius 3 is 1.07 bits per heavy atom. The van der Waals surface area contributed by atoms with Gasteiger partial charge in [-0.1, -0.05) is 0 Å². The average Bonchev–Trinajstić information content (AvgIpc) is 2.45. The number of rotatable bonds is 8. The third-order valence-corrected chi connectivity index (χ3v) is 3.15. The summed E-state index contributed by atoms with van der Waals surface area (Å²) in [5.74, 6) is -56.1. The van der Waals surface area contributed by atoms with Gasteiger partial charge in [0.15, 0.2) is 0 Å². The van der Waals surface area contributed by atoms with E-state index in [-0.39, 0.29) is 0 Å². The highest BCUT2D eigenvalue weighted by molar-refractivity contribution is 6.65. The molecule has 0 aliphatic rings. The van der Waals surface area contributed by atoms with Crippen LogP contribution in [0.3, 0.4) is 0 Å². The summed E-state index contributed by atoms with van der Waals surface area (Å²) >= 11 is 3.73. The SMILES string of the molecule is O=C(Cl)C(F)(F)C(F)(F)C(F)(F)C(F)(F)C(F)(F)C(F)(F)C(F)(F)C(F)F. The molecule has 0 spiro atoms. The predicted molar refractivity (Wildman–Crippen MR) is 51.5 cm³/mol. The van der Waals surface area contributed by atoms with Gasteiger partial charge >= 0.3 is 47.9 Å². The zero-order chi connectivity index (χ0) is 22.7. The Morgan fingerprint density at radius 1 is 0.556 bits per heavy atom. The van der Waals surface area contributed by atoms with Crippen LogP contribution in [0, 0.1) is 0 Å². The lowest BCUT2D eigenvalue weighted by Gasteiger charge is -2.41. The molecule has 0 radical (unpaired) electrons. The first kappa shape index (κ1) is 25.8. The molecule has 0 saturated heterocycles. The molecule has 0 atom stereocenters. The number of hydrogen-bond donors (Lipinski definition) is 0. The summed E-state index contributed by atoms with van der Waals surface area (Å²) in [6.07, 6.45) is -5.91. The largest absolute Gasteiger partial charge is 0.388 e. The normalized spacial score (nSPS) is 16.1. The molecular weight excluding hydrogens is 464 g/mol. The molecule has 0 aliphatic carbocycles. The lowest BCUT2D eigenvalue weighted by Crippen LogP contribution is -2.74. The van der Waals surface area contributed by atoms with E-state index < -0.39 is 53.1 Å². The van der Waals surface area contributed by atoms with Gasteiger partial charge in [-0.3, -0.25) is 4.79 Å². The van der Waals surface area contributed by atoms with Gasteiger partial charge in [-0.05, 0) is 11.6 Å². The van der Waals surface area contributed by atoms with Crippen molar-refractivity contribution in [1.82, 2.24) is 0 Å². The maximum Gasteiger partial charge on any atom is 0.388 e. The zero-order valence-electron chi connectivity index (χ0n) is 11.4. The molecule has 0 aromatic heterocycles. The molecule has 0 saturated carbocycles. The fourth-order valence-corrected chi connectivity index (χ4v) is 1.38. The van der Waals surface area contributed by atoms with Crippen LogP contribution in [0.2, 0.25) is 0 Å². The first-order valence-electron chi connectivity index (χ1n) is 5.51. The van der Waals surface area contributed by atoms with Gasteiger partial charge in [0.1, 0.15) is 0 Å². The Morgan fingerprint density at radius 2 is 0.815 bits per heavy atom. The minimum atomic E-state index is -8.53. The van der Waals surface area contributed by atoms with E-state index in [2.05, 4.69) is 11.6 Å². The van der Waals surface area contributed by atoms with E-state index in [0.717, 1.165) is 0 Å². The van der Waals surface area contributed by atoms with Crippen LogP contribution in [0.1, 0.15) is 0 Å². The van der Waals surface area contributed by atoms with Crippen LogP contribution in [-0.2, 0) is 4.79 Å². The predicted octanol–water partition coefficient (Wildman–Crippen LogP) is 5.46. The van der Waals surface area contributed by atoms with E-state index in [0.29, 0.717) is 0 Å². The Labute approximate surface area is 141 Å². The molecule has 0 heterocycles. The molecule has 0 fully saturated rings. The average molecular weight is 465 g/mol. The fraction of sp³-hybridized carbons (Fsp3) is 0.889.